The highest BCUT2D eigenvalue weighted by molar-refractivity contribution is 7.99. The Morgan fingerprint density at radius 1 is 1.18 bits per heavy atom. The van der Waals surface area contributed by atoms with E-state index >= 15 is 0 Å². The molecule has 0 unspecified atom stereocenters. The third-order valence-corrected chi connectivity index (χ3v) is 6.69. The lowest BCUT2D eigenvalue weighted by atomic mass is 10.1. The number of carbonyl (C=O) groups is 2. The molecule has 7 nitrogen and oxygen atoms in total. The molecule has 0 saturated heterocycles. The van der Waals surface area contributed by atoms with Crippen LogP contribution in [-0.4, -0.2) is 34.2 Å². The summed E-state index contributed by atoms with van der Waals surface area (Å²) in [6.45, 7) is 4.28. The fourth-order valence-electron chi connectivity index (χ4n) is 3.28. The lowest BCUT2D eigenvalue weighted by Crippen LogP contribution is -2.16. The van der Waals surface area contributed by atoms with E-state index in [1.165, 1.54) is 11.3 Å². The second-order valence-corrected chi connectivity index (χ2v) is 9.44. The molecule has 1 amide bonds. The number of rotatable bonds is 8. The number of nitrogens with one attached hydrogen (secondary N) is 2. The number of aromatic amines is 1. The van der Waals surface area contributed by atoms with Crippen LogP contribution in [0.25, 0.3) is 21.3 Å². The third kappa shape index (κ3) is 5.55. The highest BCUT2D eigenvalue weighted by Crippen LogP contribution is 2.31. The van der Waals surface area contributed by atoms with Gasteiger partial charge in [-0.2, -0.15) is 0 Å². The number of aromatic nitrogens is 2. The van der Waals surface area contributed by atoms with E-state index in [2.05, 4.69) is 15.3 Å². The van der Waals surface area contributed by atoms with Gasteiger partial charge in [-0.15, -0.1) is 11.3 Å². The second kappa shape index (κ2) is 10.7. The van der Waals surface area contributed by atoms with Crippen LogP contribution in [0.5, 0.6) is 0 Å². The molecule has 9 heteroatoms. The second-order valence-electron chi connectivity index (χ2n) is 7.62. The molecular formula is C25H23N3O4S2. The summed E-state index contributed by atoms with van der Waals surface area (Å²) in [5.74, 6) is -0.656. The standard InChI is InChI=1S/C25H23N3O4S2/c1-3-11-32-24(31)17-5-4-6-18(12-17)26-20(29)14-34-25-27-22(30)21-19(13-33-23(21)28-25)16-9-7-15(2)8-10-16/h4-10,12-13H,3,11,14H2,1-2H3,(H,26,29)(H,27,28,30). The summed E-state index contributed by atoms with van der Waals surface area (Å²) >= 11 is 2.54. The van der Waals surface area contributed by atoms with Crippen molar-refractivity contribution in [2.45, 2.75) is 25.4 Å². The van der Waals surface area contributed by atoms with Gasteiger partial charge in [0.1, 0.15) is 4.83 Å². The summed E-state index contributed by atoms with van der Waals surface area (Å²) in [7, 11) is 0. The molecule has 2 N–H and O–H groups in total. The highest BCUT2D eigenvalue weighted by Gasteiger charge is 2.14. The normalized spacial score (nSPS) is 10.9. The fraction of sp³-hybridized carbons (Fsp3) is 0.200. The molecule has 0 saturated carbocycles. The SMILES string of the molecule is CCCOC(=O)c1cccc(NC(=O)CSc2nc3scc(-c4ccc(C)cc4)c3c(=O)[nH]2)c1. The summed E-state index contributed by atoms with van der Waals surface area (Å²) in [5.41, 5.74) is 3.59. The van der Waals surface area contributed by atoms with E-state index in [0.717, 1.165) is 34.9 Å². The molecule has 2 aromatic heterocycles. The van der Waals surface area contributed by atoms with Gasteiger partial charge in [-0.05, 0) is 37.1 Å². The summed E-state index contributed by atoms with van der Waals surface area (Å²) in [6.07, 6.45) is 0.736. The van der Waals surface area contributed by atoms with Crippen LogP contribution < -0.4 is 10.9 Å². The number of anilines is 1. The number of hydrogen-bond acceptors (Lipinski definition) is 7. The first-order chi connectivity index (χ1) is 16.4. The average Bonchev–Trinajstić information content (AvgIpc) is 3.26. The molecule has 0 aliphatic rings. The summed E-state index contributed by atoms with van der Waals surface area (Å²) < 4.78 is 5.13. The van der Waals surface area contributed by atoms with Gasteiger partial charge in [0.2, 0.25) is 5.91 Å². The first-order valence-electron chi connectivity index (χ1n) is 10.7. The van der Waals surface area contributed by atoms with Crippen LogP contribution in [0.4, 0.5) is 5.69 Å². The number of esters is 1. The minimum Gasteiger partial charge on any atom is -0.462 e. The van der Waals surface area contributed by atoms with Gasteiger partial charge < -0.3 is 15.0 Å². The number of H-pyrrole nitrogens is 1. The Balaban J connectivity index is 1.43. The molecule has 34 heavy (non-hydrogen) atoms. The van der Waals surface area contributed by atoms with Gasteiger partial charge in [0.15, 0.2) is 5.16 Å². The van der Waals surface area contributed by atoms with E-state index in [9.17, 15) is 14.4 Å². The Morgan fingerprint density at radius 2 is 1.97 bits per heavy atom. The number of hydrogen-bond donors (Lipinski definition) is 2. The monoisotopic (exact) mass is 493 g/mol. The Bertz CT molecular complexity index is 1390. The van der Waals surface area contributed by atoms with Crippen molar-refractivity contribution in [1.82, 2.24) is 9.97 Å². The van der Waals surface area contributed by atoms with Gasteiger partial charge in [0, 0.05) is 16.6 Å². The van der Waals surface area contributed by atoms with Gasteiger partial charge in [-0.3, -0.25) is 9.59 Å². The molecule has 0 spiro atoms. The van der Waals surface area contributed by atoms with Crippen molar-refractivity contribution >= 4 is 50.9 Å². The Kier molecular flexibility index (Phi) is 7.44. The van der Waals surface area contributed by atoms with Crippen LogP contribution in [0.1, 0.15) is 29.3 Å². The molecule has 0 aliphatic carbocycles. The molecule has 174 valence electrons. The molecule has 0 fully saturated rings. The Labute approximate surface area is 204 Å². The predicted octanol–water partition coefficient (Wildman–Crippen LogP) is 5.26. The minimum absolute atomic E-state index is 0.0507. The summed E-state index contributed by atoms with van der Waals surface area (Å²) in [4.78, 5) is 45.2. The van der Waals surface area contributed by atoms with E-state index in [0.29, 0.717) is 33.2 Å². The first kappa shape index (κ1) is 23.7. The minimum atomic E-state index is -0.427. The van der Waals surface area contributed by atoms with Crippen LogP contribution in [0.3, 0.4) is 0 Å². The number of carbonyl (C=O) groups excluding carboxylic acids is 2. The molecule has 2 aromatic carbocycles. The van der Waals surface area contributed by atoms with E-state index in [1.54, 1.807) is 24.3 Å². The van der Waals surface area contributed by atoms with Crippen LogP contribution in [0, 0.1) is 6.92 Å². The fourth-order valence-corrected chi connectivity index (χ4v) is 4.94. The number of fused-ring (bicyclic) bond motifs is 1. The predicted molar refractivity (Wildman–Crippen MR) is 137 cm³/mol. The summed E-state index contributed by atoms with van der Waals surface area (Å²) in [5, 5.41) is 5.62. The molecule has 2 heterocycles. The number of thiophene rings is 1. The van der Waals surface area contributed by atoms with Crippen LogP contribution in [0.2, 0.25) is 0 Å². The maximum absolute atomic E-state index is 12.8. The van der Waals surface area contributed by atoms with E-state index in [-0.39, 0.29) is 17.2 Å². The van der Waals surface area contributed by atoms with Crippen LogP contribution in [0.15, 0.2) is 63.9 Å². The molecule has 0 radical (unpaired) electrons. The molecule has 4 rings (SSSR count). The van der Waals surface area contributed by atoms with Gasteiger partial charge in [-0.1, -0.05) is 54.6 Å². The van der Waals surface area contributed by atoms with Crippen molar-refractivity contribution in [1.29, 1.82) is 0 Å². The number of nitrogens with zero attached hydrogens (tertiary/aromatic N) is 1. The first-order valence-corrected chi connectivity index (χ1v) is 12.6. The average molecular weight is 494 g/mol. The number of ether oxygens (including phenoxy) is 1. The molecule has 0 bridgehead atoms. The maximum atomic E-state index is 12.8. The molecule has 0 atom stereocenters. The quantitative estimate of drug-likeness (QED) is 0.197. The van der Waals surface area contributed by atoms with E-state index in [1.807, 2.05) is 43.5 Å². The number of benzene rings is 2. The number of amides is 1. The maximum Gasteiger partial charge on any atom is 0.338 e. The van der Waals surface area contributed by atoms with E-state index in [4.69, 9.17) is 4.74 Å². The van der Waals surface area contributed by atoms with Crippen molar-refractivity contribution in [2.75, 3.05) is 17.7 Å². The smallest absolute Gasteiger partial charge is 0.338 e. The summed E-state index contributed by atoms with van der Waals surface area (Å²) in [6, 6.07) is 14.6. The van der Waals surface area contributed by atoms with Crippen LogP contribution >= 0.6 is 23.1 Å². The lowest BCUT2D eigenvalue weighted by molar-refractivity contribution is -0.113. The number of thioether (sulfide) groups is 1. The lowest BCUT2D eigenvalue weighted by Gasteiger charge is -2.07. The van der Waals surface area contributed by atoms with Gasteiger partial charge in [-0.25, -0.2) is 9.78 Å². The van der Waals surface area contributed by atoms with Crippen molar-refractivity contribution in [3.8, 4) is 11.1 Å². The van der Waals surface area contributed by atoms with Gasteiger partial charge >= 0.3 is 5.97 Å². The van der Waals surface area contributed by atoms with Gasteiger partial charge in [0.25, 0.3) is 5.56 Å². The van der Waals surface area contributed by atoms with Crippen molar-refractivity contribution in [3.05, 3.63) is 75.4 Å². The van der Waals surface area contributed by atoms with E-state index < -0.39 is 5.97 Å². The van der Waals surface area contributed by atoms with Gasteiger partial charge in [0.05, 0.1) is 23.3 Å². The highest BCUT2D eigenvalue weighted by atomic mass is 32.2. The van der Waals surface area contributed by atoms with Crippen molar-refractivity contribution in [2.24, 2.45) is 0 Å². The zero-order chi connectivity index (χ0) is 24.1. The Hall–Kier alpha value is -3.43. The third-order valence-electron chi connectivity index (χ3n) is 4.94. The molecule has 4 aromatic rings. The zero-order valence-electron chi connectivity index (χ0n) is 18.7. The largest absolute Gasteiger partial charge is 0.462 e. The molecular weight excluding hydrogens is 470 g/mol. The van der Waals surface area contributed by atoms with Crippen molar-refractivity contribution in [3.63, 3.8) is 0 Å². The topological polar surface area (TPSA) is 101 Å². The molecule has 0 aliphatic heterocycles. The Morgan fingerprint density at radius 3 is 2.74 bits per heavy atom. The van der Waals surface area contributed by atoms with Crippen molar-refractivity contribution < 1.29 is 14.3 Å². The van der Waals surface area contributed by atoms with Crippen LogP contribution in [-0.2, 0) is 9.53 Å². The number of aryl methyl sites for hydroxylation is 1. The zero-order valence-corrected chi connectivity index (χ0v) is 20.3.